The Morgan fingerprint density at radius 3 is 1.56 bits per heavy atom. The van der Waals surface area contributed by atoms with E-state index in [0.29, 0.717) is 0 Å². The Morgan fingerprint density at radius 1 is 0.417 bits per heavy atom. The minimum Gasteiger partial charge on any atom is -0.0836 e. The lowest BCUT2D eigenvalue weighted by atomic mass is 9.70. The third-order valence-electron chi connectivity index (χ3n) is 10.6. The molecule has 2 aliphatic carbocycles. The SMILES string of the molecule is C1=CCC2C(=C1)C(c1ccc3ccccc3c1)=c1ccccc1=C2c1c2ccccc2c(-c2ccc3ccccc3c2)c2ccccc12. The summed E-state index contributed by atoms with van der Waals surface area (Å²) in [4.78, 5) is 0. The van der Waals surface area contributed by atoms with Gasteiger partial charge in [-0.15, -0.1) is 0 Å². The highest BCUT2D eigenvalue weighted by molar-refractivity contribution is 6.19. The van der Waals surface area contributed by atoms with Gasteiger partial charge in [0.25, 0.3) is 0 Å². The first-order valence-corrected chi connectivity index (χ1v) is 17.0. The molecular formula is C48H32. The Bertz CT molecular complexity index is 2750. The summed E-state index contributed by atoms with van der Waals surface area (Å²) in [5, 5.41) is 13.0. The summed E-state index contributed by atoms with van der Waals surface area (Å²) < 4.78 is 0. The largest absolute Gasteiger partial charge is 0.0836 e. The summed E-state index contributed by atoms with van der Waals surface area (Å²) in [6.45, 7) is 0. The monoisotopic (exact) mass is 608 g/mol. The van der Waals surface area contributed by atoms with E-state index in [4.69, 9.17) is 0 Å². The van der Waals surface area contributed by atoms with Gasteiger partial charge in [-0.2, -0.15) is 0 Å². The van der Waals surface area contributed by atoms with Gasteiger partial charge in [0.05, 0.1) is 0 Å². The molecule has 0 aliphatic heterocycles. The number of hydrogen-bond donors (Lipinski definition) is 0. The third-order valence-corrected chi connectivity index (χ3v) is 10.6. The maximum Gasteiger partial charge on any atom is 0.0143 e. The van der Waals surface area contributed by atoms with Gasteiger partial charge in [-0.1, -0.05) is 164 Å². The maximum atomic E-state index is 2.38. The van der Waals surface area contributed by atoms with Gasteiger partial charge in [0.2, 0.25) is 0 Å². The second kappa shape index (κ2) is 10.8. The molecule has 10 rings (SSSR count). The molecular weight excluding hydrogens is 577 g/mol. The molecule has 0 N–H and O–H groups in total. The lowest BCUT2D eigenvalue weighted by molar-refractivity contribution is 0.799. The zero-order valence-corrected chi connectivity index (χ0v) is 26.5. The van der Waals surface area contributed by atoms with Crippen molar-refractivity contribution in [3.8, 4) is 11.1 Å². The lowest BCUT2D eigenvalue weighted by Crippen LogP contribution is -2.37. The van der Waals surface area contributed by atoms with Gasteiger partial charge in [-0.05, 0) is 111 Å². The van der Waals surface area contributed by atoms with Crippen LogP contribution in [0.5, 0.6) is 0 Å². The zero-order valence-electron chi connectivity index (χ0n) is 26.5. The summed E-state index contributed by atoms with van der Waals surface area (Å²) in [5.74, 6) is 0.240. The summed E-state index contributed by atoms with van der Waals surface area (Å²) >= 11 is 0. The molecule has 0 radical (unpaired) electrons. The molecule has 0 bridgehead atoms. The first-order valence-electron chi connectivity index (χ1n) is 17.0. The number of fused-ring (bicyclic) bond motifs is 6. The van der Waals surface area contributed by atoms with Crippen molar-refractivity contribution >= 4 is 54.2 Å². The van der Waals surface area contributed by atoms with Gasteiger partial charge in [0, 0.05) is 5.92 Å². The van der Waals surface area contributed by atoms with Crippen molar-refractivity contribution in [2.75, 3.05) is 0 Å². The summed E-state index contributed by atoms with van der Waals surface area (Å²) in [6.07, 6.45) is 7.97. The Labute approximate surface area is 279 Å². The average Bonchev–Trinajstić information content (AvgIpc) is 3.16. The maximum absolute atomic E-state index is 2.38. The van der Waals surface area contributed by atoms with Crippen LogP contribution in [0.1, 0.15) is 17.5 Å². The molecule has 8 aromatic rings. The summed E-state index contributed by atoms with van der Waals surface area (Å²) in [7, 11) is 0. The minimum absolute atomic E-state index is 0.240. The molecule has 0 saturated heterocycles. The second-order valence-corrected chi connectivity index (χ2v) is 13.1. The Kier molecular flexibility index (Phi) is 6.11. The lowest BCUT2D eigenvalue weighted by Gasteiger charge is -2.32. The van der Waals surface area contributed by atoms with E-state index in [0.717, 1.165) is 6.42 Å². The first kappa shape index (κ1) is 27.2. The topological polar surface area (TPSA) is 0 Å². The molecule has 0 amide bonds. The van der Waals surface area contributed by atoms with Crippen LogP contribution in [0.3, 0.4) is 0 Å². The average molecular weight is 609 g/mol. The Morgan fingerprint density at radius 2 is 0.917 bits per heavy atom. The number of hydrogen-bond acceptors (Lipinski definition) is 0. The van der Waals surface area contributed by atoms with Crippen molar-refractivity contribution in [3.63, 3.8) is 0 Å². The standard InChI is InChI=1S/C48H32/c1-3-15-33-29-35(27-25-31(33)13-1)45-37-17-5-9-21-41(37)47(42-22-10-6-18-38(42)45)48-43-23-11-7-19-39(43)46(40-20-8-12-24-44(40)48)36-28-26-32-14-2-4-16-34(32)30-36/h1-23,25-30,44H,24H2. The molecule has 0 fully saturated rings. The zero-order chi connectivity index (χ0) is 31.6. The fourth-order valence-corrected chi connectivity index (χ4v) is 8.49. The molecule has 0 saturated carbocycles. The van der Waals surface area contributed by atoms with Crippen molar-refractivity contribution in [2.24, 2.45) is 5.92 Å². The highest BCUT2D eigenvalue weighted by atomic mass is 14.3. The van der Waals surface area contributed by atoms with Crippen LogP contribution in [0.25, 0.3) is 65.4 Å². The first-order chi connectivity index (χ1) is 23.8. The molecule has 8 aromatic carbocycles. The van der Waals surface area contributed by atoms with Crippen molar-refractivity contribution in [1.29, 1.82) is 0 Å². The van der Waals surface area contributed by atoms with E-state index < -0.39 is 0 Å². The second-order valence-electron chi connectivity index (χ2n) is 13.1. The molecule has 0 heterocycles. The predicted octanol–water partition coefficient (Wildman–Crippen LogP) is 10.9. The van der Waals surface area contributed by atoms with E-state index in [9.17, 15) is 0 Å². The van der Waals surface area contributed by atoms with Gasteiger partial charge in [0.15, 0.2) is 0 Å². The molecule has 48 heavy (non-hydrogen) atoms. The minimum atomic E-state index is 0.240. The van der Waals surface area contributed by atoms with E-state index in [2.05, 4.69) is 176 Å². The fourth-order valence-electron chi connectivity index (χ4n) is 8.49. The van der Waals surface area contributed by atoms with Gasteiger partial charge in [0.1, 0.15) is 0 Å². The normalized spacial score (nSPS) is 15.6. The number of allylic oxidation sites excluding steroid dienone is 4. The van der Waals surface area contributed by atoms with Crippen LogP contribution < -0.4 is 10.4 Å². The van der Waals surface area contributed by atoms with Gasteiger partial charge >= 0.3 is 0 Å². The quantitative estimate of drug-likeness (QED) is 0.175. The van der Waals surface area contributed by atoms with E-state index in [1.165, 1.54) is 92.5 Å². The Hall–Kier alpha value is -5.98. The number of rotatable bonds is 3. The van der Waals surface area contributed by atoms with Crippen molar-refractivity contribution < 1.29 is 0 Å². The molecule has 0 nitrogen and oxygen atoms in total. The highest BCUT2D eigenvalue weighted by Crippen LogP contribution is 2.47. The molecule has 1 unspecified atom stereocenters. The van der Waals surface area contributed by atoms with Crippen LogP contribution in [0.4, 0.5) is 0 Å². The fraction of sp³-hybridized carbons (Fsp3) is 0.0417. The third kappa shape index (κ3) is 4.09. The molecule has 0 aromatic heterocycles. The van der Waals surface area contributed by atoms with E-state index in [1.807, 2.05) is 0 Å². The van der Waals surface area contributed by atoms with E-state index >= 15 is 0 Å². The smallest absolute Gasteiger partial charge is 0.0143 e. The highest BCUT2D eigenvalue weighted by Gasteiger charge is 2.31. The Balaban J connectivity index is 1.35. The van der Waals surface area contributed by atoms with Crippen LogP contribution in [-0.2, 0) is 0 Å². The molecule has 224 valence electrons. The van der Waals surface area contributed by atoms with Gasteiger partial charge < -0.3 is 0 Å². The van der Waals surface area contributed by atoms with Crippen molar-refractivity contribution in [3.05, 3.63) is 203 Å². The molecule has 2 aliphatic rings. The summed E-state index contributed by atoms with van der Waals surface area (Å²) in [5.41, 5.74) is 9.42. The molecule has 0 heteroatoms. The van der Waals surface area contributed by atoms with Crippen LogP contribution in [0.2, 0.25) is 0 Å². The van der Waals surface area contributed by atoms with Gasteiger partial charge in [-0.25, -0.2) is 0 Å². The van der Waals surface area contributed by atoms with Crippen LogP contribution in [0.15, 0.2) is 182 Å². The molecule has 1 atom stereocenters. The van der Waals surface area contributed by atoms with Crippen LogP contribution >= 0.6 is 0 Å². The number of benzene rings is 8. The van der Waals surface area contributed by atoms with Crippen LogP contribution in [0, 0.1) is 5.92 Å². The van der Waals surface area contributed by atoms with Crippen LogP contribution in [-0.4, -0.2) is 0 Å². The predicted molar refractivity (Wildman–Crippen MR) is 204 cm³/mol. The molecule has 0 spiro atoms. The van der Waals surface area contributed by atoms with E-state index in [-0.39, 0.29) is 5.92 Å². The van der Waals surface area contributed by atoms with E-state index in [1.54, 1.807) is 0 Å². The van der Waals surface area contributed by atoms with Gasteiger partial charge in [-0.3, -0.25) is 0 Å². The summed E-state index contributed by atoms with van der Waals surface area (Å²) in [6, 6.07) is 58.6. The van der Waals surface area contributed by atoms with Crippen molar-refractivity contribution in [1.82, 2.24) is 0 Å². The van der Waals surface area contributed by atoms with Crippen molar-refractivity contribution in [2.45, 2.75) is 6.42 Å².